The number of halogens is 8. The molecule has 0 bridgehead atoms. The van der Waals surface area contributed by atoms with E-state index < -0.39 is 0 Å². The minimum atomic E-state index is -0.317. The fraction of sp³-hybridized carbons (Fsp3) is 0.481. The van der Waals surface area contributed by atoms with Crippen LogP contribution < -0.4 is 18.9 Å². The zero-order valence-corrected chi connectivity index (χ0v) is 52.4. The first-order chi connectivity index (χ1) is 31.2. The zero-order valence-electron chi connectivity index (χ0n) is 39.7. The Kier molecular flexibility index (Phi) is 23.0. The molecule has 4 rings (SSSR count). The molecule has 0 radical (unpaired) electrons. The van der Waals surface area contributed by atoms with Crippen LogP contribution in [0.25, 0.3) is 0 Å². The van der Waals surface area contributed by atoms with Crippen LogP contribution in [0.15, 0.2) is 110 Å². The van der Waals surface area contributed by atoms with Crippen molar-refractivity contribution in [3.05, 3.63) is 132 Å². The maximum absolute atomic E-state index is 6.99. The summed E-state index contributed by atoms with van der Waals surface area (Å²) in [5.74, 6) is 3.31. The molecule has 0 unspecified atom stereocenters. The van der Waals surface area contributed by atoms with Gasteiger partial charge < -0.3 is 18.9 Å². The molecule has 0 aliphatic rings. The predicted molar refractivity (Wildman–Crippen MR) is 308 cm³/mol. The summed E-state index contributed by atoms with van der Waals surface area (Å²) >= 11 is 30.8. The van der Waals surface area contributed by atoms with E-state index in [-0.39, 0.29) is 22.0 Å². The van der Waals surface area contributed by atoms with Crippen molar-refractivity contribution in [2.75, 3.05) is 13.2 Å². The maximum Gasteiger partial charge on any atom is 0.148 e. The highest BCUT2D eigenvalue weighted by atomic mass is 79.9. The largest absolute Gasteiger partial charge is 0.491 e. The minimum Gasteiger partial charge on any atom is -0.491 e. The number of rotatable bonds is 27. The molecule has 0 N–H and O–H groups in total. The van der Waals surface area contributed by atoms with Crippen molar-refractivity contribution in [1.29, 1.82) is 0 Å². The first kappa shape index (κ1) is 58.0. The first-order valence-corrected chi connectivity index (χ1v) is 29.4. The van der Waals surface area contributed by atoms with E-state index in [0.29, 0.717) is 13.2 Å². The fourth-order valence-electron chi connectivity index (χ4n) is 8.19. The van der Waals surface area contributed by atoms with Crippen LogP contribution in [0, 0.1) is 0 Å². The Balaban J connectivity index is 1.39. The summed E-state index contributed by atoms with van der Waals surface area (Å²) in [6.07, 6.45) is 15.2. The molecule has 0 amide bonds. The Morgan fingerprint density at radius 1 is 0.409 bits per heavy atom. The van der Waals surface area contributed by atoms with Gasteiger partial charge in [0.2, 0.25) is 0 Å². The highest BCUT2D eigenvalue weighted by Gasteiger charge is 2.34. The second-order valence-corrected chi connectivity index (χ2v) is 24.9. The van der Waals surface area contributed by atoms with Gasteiger partial charge in [-0.2, -0.15) is 0 Å². The maximum atomic E-state index is 6.99. The third kappa shape index (κ3) is 14.5. The Morgan fingerprint density at radius 2 is 0.712 bits per heavy atom. The van der Waals surface area contributed by atoms with E-state index in [1.807, 2.05) is 12.2 Å². The highest BCUT2D eigenvalue weighted by molar-refractivity contribution is 9.12. The molecule has 0 atom stereocenters. The molecule has 0 saturated heterocycles. The lowest BCUT2D eigenvalue weighted by atomic mass is 9.78. The van der Waals surface area contributed by atoms with Gasteiger partial charge in [-0.15, -0.1) is 13.2 Å². The van der Waals surface area contributed by atoms with Gasteiger partial charge in [0.05, 0.1) is 49.0 Å². The number of ether oxygens (including phenoxy) is 4. The molecule has 4 aromatic carbocycles. The van der Waals surface area contributed by atoms with Gasteiger partial charge in [0, 0.05) is 10.8 Å². The van der Waals surface area contributed by atoms with Crippen LogP contribution in [0.2, 0.25) is 0 Å². The monoisotopic (exact) mass is 1410 g/mol. The Morgan fingerprint density at radius 3 is 1.03 bits per heavy atom. The van der Waals surface area contributed by atoms with Gasteiger partial charge in [-0.05, 0) is 275 Å². The van der Waals surface area contributed by atoms with Crippen LogP contribution in [0.4, 0.5) is 0 Å². The number of hydrogen-bond donors (Lipinski definition) is 0. The van der Waals surface area contributed by atoms with Crippen LogP contribution in [-0.4, -0.2) is 24.4 Å². The minimum absolute atomic E-state index is 0.248. The summed E-state index contributed by atoms with van der Waals surface area (Å²) in [4.78, 5) is 0. The summed E-state index contributed by atoms with van der Waals surface area (Å²) in [6.45, 7) is 26.8. The van der Waals surface area contributed by atoms with Gasteiger partial charge in [-0.3, -0.25) is 0 Å². The van der Waals surface area contributed by atoms with Crippen LogP contribution in [-0.2, 0) is 10.8 Å². The molecular formula is C54H66Br8O4. The molecule has 4 nitrogen and oxygen atoms in total. The number of hydrogen-bond acceptors (Lipinski definition) is 4. The molecule has 362 valence electrons. The van der Waals surface area contributed by atoms with Gasteiger partial charge in [0.1, 0.15) is 34.2 Å². The van der Waals surface area contributed by atoms with Crippen molar-refractivity contribution in [3.63, 3.8) is 0 Å². The molecule has 0 saturated carbocycles. The zero-order chi connectivity index (χ0) is 49.0. The lowest BCUT2D eigenvalue weighted by Gasteiger charge is -2.35. The number of benzene rings is 4. The lowest BCUT2D eigenvalue weighted by Crippen LogP contribution is -2.35. The highest BCUT2D eigenvalue weighted by Crippen LogP contribution is 2.48. The molecular weight excluding hydrogens is 1350 g/mol. The van der Waals surface area contributed by atoms with E-state index in [1.165, 1.54) is 0 Å². The molecule has 0 aliphatic carbocycles. The molecule has 0 heterocycles. The summed E-state index contributed by atoms with van der Waals surface area (Å²) in [6, 6.07) is 17.4. The fourth-order valence-corrected chi connectivity index (χ4v) is 13.7. The van der Waals surface area contributed by atoms with Gasteiger partial charge in [-0.25, -0.2) is 0 Å². The summed E-state index contributed by atoms with van der Waals surface area (Å²) < 4.78 is 33.7. The van der Waals surface area contributed by atoms with Gasteiger partial charge >= 0.3 is 0 Å². The number of unbranched alkanes of at least 4 members (excludes halogenated alkanes) is 3. The summed E-state index contributed by atoms with van der Waals surface area (Å²) in [5.41, 5.74) is 3.46. The SMILES string of the molecule is C=CCCCOc1c(Br)cc(C(C)(C)c2cc(Br)c(OC(CC)(CC)CCCCCOc3c(Br)cc(C(C)(C)c4cc(Br)c(OC(CC)(CC)CCC=C)c(Br)c4)cc3Br)c(Br)c2)cc1Br. The summed E-state index contributed by atoms with van der Waals surface area (Å²) in [5, 5.41) is 0. The average Bonchev–Trinajstić information content (AvgIpc) is 3.27. The second-order valence-electron chi connectivity index (χ2n) is 18.1. The molecule has 0 spiro atoms. The van der Waals surface area contributed by atoms with E-state index in [4.69, 9.17) is 18.9 Å². The molecule has 4 aromatic rings. The topological polar surface area (TPSA) is 36.9 Å². The third-order valence-electron chi connectivity index (χ3n) is 13.2. The summed E-state index contributed by atoms with van der Waals surface area (Å²) in [7, 11) is 0. The third-order valence-corrected chi connectivity index (χ3v) is 17.9. The standard InChI is InChI=1S/C54H66Br8O4/c1-11-17-21-25-63-47-39(55)27-35(28-40(47)56)51(7,8)38-33-45(61)50(46(62)34-38)66-54(15-5,16-6)24-20-19-22-26-64-48-41(57)29-36(30-42(48)58)52(9,10)37-31-43(59)49(44(60)32-37)65-53(13-3,14-4)23-18-12-2/h11-12,27-34H,1-2,13-26H2,3-10H3. The van der Waals surface area contributed by atoms with Crippen LogP contribution in [0.5, 0.6) is 23.0 Å². The molecule has 66 heavy (non-hydrogen) atoms. The van der Waals surface area contributed by atoms with E-state index in [1.54, 1.807) is 0 Å². The van der Waals surface area contributed by atoms with E-state index in [9.17, 15) is 0 Å². The molecule has 12 heteroatoms. The van der Waals surface area contributed by atoms with Crippen molar-refractivity contribution >= 4 is 127 Å². The lowest BCUT2D eigenvalue weighted by molar-refractivity contribution is 0.0463. The van der Waals surface area contributed by atoms with E-state index >= 15 is 0 Å². The van der Waals surface area contributed by atoms with Gasteiger partial charge in [0.15, 0.2) is 0 Å². The smallest absolute Gasteiger partial charge is 0.148 e. The van der Waals surface area contributed by atoms with Crippen molar-refractivity contribution in [2.45, 2.75) is 154 Å². The first-order valence-electron chi connectivity index (χ1n) is 23.0. The predicted octanol–water partition coefficient (Wildman–Crippen LogP) is 21.3. The molecule has 0 aromatic heterocycles. The van der Waals surface area contributed by atoms with E-state index in [2.05, 4.69) is 245 Å². The Hall–Kier alpha value is -0.600. The van der Waals surface area contributed by atoms with Crippen molar-refractivity contribution < 1.29 is 18.9 Å². The van der Waals surface area contributed by atoms with Gasteiger partial charge in [0.25, 0.3) is 0 Å². The van der Waals surface area contributed by atoms with Crippen molar-refractivity contribution in [3.8, 4) is 23.0 Å². The molecule has 0 fully saturated rings. The molecule has 0 aliphatic heterocycles. The van der Waals surface area contributed by atoms with Crippen LogP contribution in [0.1, 0.15) is 155 Å². The quantitative estimate of drug-likeness (QED) is 0.0440. The normalized spacial score (nSPS) is 12.3. The second kappa shape index (κ2) is 26.2. The van der Waals surface area contributed by atoms with Crippen LogP contribution in [0.3, 0.4) is 0 Å². The number of allylic oxidation sites excluding steroid dienone is 2. The van der Waals surface area contributed by atoms with Gasteiger partial charge in [-0.1, -0.05) is 67.5 Å². The Bertz CT molecular complexity index is 2190. The average molecular weight is 1420 g/mol. The van der Waals surface area contributed by atoms with Crippen LogP contribution >= 0.6 is 127 Å². The van der Waals surface area contributed by atoms with Crippen molar-refractivity contribution in [1.82, 2.24) is 0 Å². The van der Waals surface area contributed by atoms with E-state index in [0.717, 1.165) is 158 Å². The van der Waals surface area contributed by atoms with Crippen molar-refractivity contribution in [2.24, 2.45) is 0 Å². The Labute approximate surface area is 464 Å².